The third-order valence-electron chi connectivity index (χ3n) is 1.66. The van der Waals surface area contributed by atoms with Gasteiger partial charge in [-0.1, -0.05) is 0 Å². The van der Waals surface area contributed by atoms with E-state index >= 15 is 0 Å². The van der Waals surface area contributed by atoms with Crippen LogP contribution in [0.3, 0.4) is 0 Å². The third-order valence-corrected chi connectivity index (χ3v) is 2.52. The van der Waals surface area contributed by atoms with Crippen LogP contribution in [0.2, 0.25) is 0 Å². The predicted octanol–water partition coefficient (Wildman–Crippen LogP) is -0.561. The van der Waals surface area contributed by atoms with Crippen LogP contribution in [0, 0.1) is 11.3 Å². The van der Waals surface area contributed by atoms with Crippen LogP contribution in [0.5, 0.6) is 0 Å². The molecule has 86 valence electrons. The van der Waals surface area contributed by atoms with Crippen molar-refractivity contribution in [1.82, 2.24) is 9.97 Å². The summed E-state index contributed by atoms with van der Waals surface area (Å²) in [5.41, 5.74) is 0.254. The molecule has 0 aromatic carbocycles. The number of anilines is 1. The highest BCUT2D eigenvalue weighted by Crippen LogP contribution is 1.99. The zero-order chi connectivity index (χ0) is 12.0. The standard InChI is InChI=1S/C8H11N5O2S/c9-6-7-2-4-12-8(13-7)11-3-1-5-16(10,14)15/h2,4H,1,3,5H2,(H2,10,14,15)(H,11,12,13). The largest absolute Gasteiger partial charge is 0.354 e. The summed E-state index contributed by atoms with van der Waals surface area (Å²) in [6, 6.07) is 3.36. The van der Waals surface area contributed by atoms with Gasteiger partial charge in [0.1, 0.15) is 11.8 Å². The first kappa shape index (κ1) is 12.4. The zero-order valence-corrected chi connectivity index (χ0v) is 9.24. The van der Waals surface area contributed by atoms with Crippen molar-refractivity contribution in [2.24, 2.45) is 5.14 Å². The van der Waals surface area contributed by atoms with E-state index in [0.717, 1.165) is 0 Å². The molecule has 0 atom stereocenters. The Morgan fingerprint density at radius 2 is 2.31 bits per heavy atom. The average molecular weight is 241 g/mol. The molecule has 0 spiro atoms. The molecule has 0 aliphatic carbocycles. The molecule has 8 heteroatoms. The highest BCUT2D eigenvalue weighted by atomic mass is 32.2. The van der Waals surface area contributed by atoms with Crippen LogP contribution in [-0.4, -0.2) is 30.7 Å². The van der Waals surface area contributed by atoms with Gasteiger partial charge in [0.25, 0.3) is 0 Å². The van der Waals surface area contributed by atoms with E-state index in [0.29, 0.717) is 18.9 Å². The number of sulfonamides is 1. The molecule has 0 fully saturated rings. The second kappa shape index (κ2) is 5.39. The Morgan fingerprint density at radius 1 is 1.56 bits per heavy atom. The Bertz CT molecular complexity index is 493. The summed E-state index contributed by atoms with van der Waals surface area (Å²) in [5.74, 6) is 0.200. The number of nitrogens with zero attached hydrogens (tertiary/aromatic N) is 3. The van der Waals surface area contributed by atoms with Crippen LogP contribution in [0.4, 0.5) is 5.95 Å². The average Bonchev–Trinajstić information content (AvgIpc) is 2.23. The van der Waals surface area contributed by atoms with E-state index in [2.05, 4.69) is 15.3 Å². The molecule has 0 aliphatic heterocycles. The molecule has 1 heterocycles. The minimum atomic E-state index is -3.42. The number of primary sulfonamides is 1. The van der Waals surface area contributed by atoms with Crippen molar-refractivity contribution in [3.8, 4) is 6.07 Å². The number of aromatic nitrogens is 2. The molecule has 3 N–H and O–H groups in total. The maximum absolute atomic E-state index is 10.6. The molecule has 0 amide bonds. The summed E-state index contributed by atoms with van der Waals surface area (Å²) >= 11 is 0. The SMILES string of the molecule is N#Cc1ccnc(NCCCS(N)(=O)=O)n1. The Balaban J connectivity index is 2.41. The van der Waals surface area contributed by atoms with E-state index in [1.54, 1.807) is 0 Å². The normalized spacial score (nSPS) is 10.8. The van der Waals surface area contributed by atoms with Gasteiger partial charge in [0, 0.05) is 12.7 Å². The van der Waals surface area contributed by atoms with E-state index in [1.165, 1.54) is 12.3 Å². The molecule has 7 nitrogen and oxygen atoms in total. The lowest BCUT2D eigenvalue weighted by molar-refractivity contribution is 0.595. The van der Waals surface area contributed by atoms with E-state index < -0.39 is 10.0 Å². The molecule has 16 heavy (non-hydrogen) atoms. The highest BCUT2D eigenvalue weighted by molar-refractivity contribution is 7.89. The monoisotopic (exact) mass is 241 g/mol. The zero-order valence-electron chi connectivity index (χ0n) is 8.42. The van der Waals surface area contributed by atoms with Gasteiger partial charge in [0.05, 0.1) is 5.75 Å². The van der Waals surface area contributed by atoms with Gasteiger partial charge in [-0.2, -0.15) is 5.26 Å². The summed E-state index contributed by atoms with van der Waals surface area (Å²) in [5, 5.41) is 16.2. The first-order valence-electron chi connectivity index (χ1n) is 4.49. The lowest BCUT2D eigenvalue weighted by Gasteiger charge is -2.03. The van der Waals surface area contributed by atoms with Gasteiger partial charge < -0.3 is 5.32 Å². The fourth-order valence-corrected chi connectivity index (χ4v) is 1.53. The Morgan fingerprint density at radius 3 is 2.94 bits per heavy atom. The lowest BCUT2D eigenvalue weighted by Crippen LogP contribution is -2.19. The summed E-state index contributed by atoms with van der Waals surface area (Å²) in [7, 11) is -3.42. The van der Waals surface area contributed by atoms with Crippen molar-refractivity contribution < 1.29 is 8.42 Å². The fourth-order valence-electron chi connectivity index (χ4n) is 0.980. The van der Waals surface area contributed by atoms with Gasteiger partial charge >= 0.3 is 0 Å². The van der Waals surface area contributed by atoms with E-state index in [4.69, 9.17) is 10.4 Å². The fraction of sp³-hybridized carbons (Fsp3) is 0.375. The van der Waals surface area contributed by atoms with Crippen LogP contribution in [0.15, 0.2) is 12.3 Å². The second-order valence-electron chi connectivity index (χ2n) is 3.02. The van der Waals surface area contributed by atoms with Gasteiger partial charge in [0.2, 0.25) is 16.0 Å². The molecular formula is C8H11N5O2S. The predicted molar refractivity (Wildman–Crippen MR) is 57.8 cm³/mol. The lowest BCUT2D eigenvalue weighted by atomic mass is 10.4. The summed E-state index contributed by atoms with van der Waals surface area (Å²) < 4.78 is 21.2. The van der Waals surface area contributed by atoms with Gasteiger partial charge in [-0.3, -0.25) is 0 Å². The quantitative estimate of drug-likeness (QED) is 0.666. The van der Waals surface area contributed by atoms with Crippen molar-refractivity contribution >= 4 is 16.0 Å². The molecule has 0 bridgehead atoms. The molecule has 1 rings (SSSR count). The molecular weight excluding hydrogens is 230 g/mol. The van der Waals surface area contributed by atoms with Crippen LogP contribution >= 0.6 is 0 Å². The first-order chi connectivity index (χ1) is 7.51. The highest BCUT2D eigenvalue weighted by Gasteiger charge is 2.02. The van der Waals surface area contributed by atoms with E-state index in [1.807, 2.05) is 6.07 Å². The summed E-state index contributed by atoms with van der Waals surface area (Å²) in [6.07, 6.45) is 1.81. The number of hydrogen-bond donors (Lipinski definition) is 2. The molecule has 1 aromatic heterocycles. The third kappa shape index (κ3) is 4.68. The van der Waals surface area contributed by atoms with Crippen molar-refractivity contribution in [3.63, 3.8) is 0 Å². The number of hydrogen-bond acceptors (Lipinski definition) is 6. The van der Waals surface area contributed by atoms with Crippen LogP contribution in [0.1, 0.15) is 12.1 Å². The number of nitrogens with two attached hydrogens (primary N) is 1. The minimum absolute atomic E-state index is 0.0993. The van der Waals surface area contributed by atoms with Gasteiger partial charge in [-0.15, -0.1) is 0 Å². The van der Waals surface area contributed by atoms with Crippen molar-refractivity contribution in [2.75, 3.05) is 17.6 Å². The van der Waals surface area contributed by atoms with Crippen molar-refractivity contribution in [3.05, 3.63) is 18.0 Å². The molecule has 0 saturated carbocycles. The smallest absolute Gasteiger partial charge is 0.223 e. The number of nitriles is 1. The maximum Gasteiger partial charge on any atom is 0.223 e. The van der Waals surface area contributed by atoms with E-state index in [9.17, 15) is 8.42 Å². The van der Waals surface area contributed by atoms with Crippen molar-refractivity contribution in [1.29, 1.82) is 5.26 Å². The Kier molecular flexibility index (Phi) is 4.16. The van der Waals surface area contributed by atoms with Gasteiger partial charge in [-0.25, -0.2) is 23.5 Å². The van der Waals surface area contributed by atoms with Gasteiger partial charge in [-0.05, 0) is 12.5 Å². The second-order valence-corrected chi connectivity index (χ2v) is 4.76. The maximum atomic E-state index is 10.6. The number of rotatable bonds is 5. The number of nitrogens with one attached hydrogen (secondary N) is 1. The summed E-state index contributed by atoms with van der Waals surface area (Å²) in [4.78, 5) is 7.73. The minimum Gasteiger partial charge on any atom is -0.354 e. The Hall–Kier alpha value is -1.72. The van der Waals surface area contributed by atoms with Crippen LogP contribution in [-0.2, 0) is 10.0 Å². The molecule has 1 aromatic rings. The van der Waals surface area contributed by atoms with Crippen molar-refractivity contribution in [2.45, 2.75) is 6.42 Å². The molecule has 0 radical (unpaired) electrons. The Labute approximate surface area is 93.4 Å². The summed E-state index contributed by atoms with van der Waals surface area (Å²) in [6.45, 7) is 0.380. The first-order valence-corrected chi connectivity index (χ1v) is 6.20. The van der Waals surface area contributed by atoms with Gasteiger partial charge in [0.15, 0.2) is 0 Å². The molecule has 0 aliphatic rings. The molecule has 0 unspecified atom stereocenters. The topological polar surface area (TPSA) is 122 Å². The van der Waals surface area contributed by atoms with Crippen LogP contribution < -0.4 is 10.5 Å². The molecule has 0 saturated heterocycles. The van der Waals surface area contributed by atoms with Crippen LogP contribution in [0.25, 0.3) is 0 Å². The van der Waals surface area contributed by atoms with E-state index in [-0.39, 0.29) is 11.4 Å².